The van der Waals surface area contributed by atoms with Gasteiger partial charge in [0.2, 0.25) is 5.91 Å². The van der Waals surface area contributed by atoms with E-state index < -0.39 is 0 Å². The predicted octanol–water partition coefficient (Wildman–Crippen LogP) is 2.04. The Morgan fingerprint density at radius 2 is 1.53 bits per heavy atom. The molecule has 3 nitrogen and oxygen atoms in total. The molecule has 1 fully saturated rings. The molecule has 0 radical (unpaired) electrons. The summed E-state index contributed by atoms with van der Waals surface area (Å²) in [5.41, 5.74) is 5.35. The fraction of sp³-hybridized carbons (Fsp3) is 0.833. The molecule has 3 heteroatoms. The van der Waals surface area contributed by atoms with Crippen LogP contribution in [0.15, 0.2) is 0 Å². The molecule has 0 aromatic heterocycles. The normalized spacial score (nSPS) is 29.3. The maximum Gasteiger partial charge on any atom is 0.221 e. The minimum atomic E-state index is -0.298. The van der Waals surface area contributed by atoms with Crippen LogP contribution in [0.25, 0.3) is 0 Å². The molecule has 1 saturated carbocycles. The summed E-state index contributed by atoms with van der Waals surface area (Å²) in [4.78, 5) is 22.2. The van der Waals surface area contributed by atoms with Crippen LogP contribution >= 0.6 is 0 Å². The predicted molar refractivity (Wildman–Crippen MR) is 59.2 cm³/mol. The van der Waals surface area contributed by atoms with E-state index >= 15 is 0 Å². The number of aldehydes is 1. The number of rotatable bonds is 2. The molecular formula is C12H21NO2. The lowest BCUT2D eigenvalue weighted by atomic mass is 9.83. The lowest BCUT2D eigenvalue weighted by Gasteiger charge is -2.21. The summed E-state index contributed by atoms with van der Waals surface area (Å²) in [5.74, 6) is -0.658. The number of primary amides is 1. The molecule has 2 N–H and O–H groups in total. The monoisotopic (exact) mass is 211 g/mol. The molecule has 86 valence electrons. The Bertz CT molecular complexity index is 216. The Kier molecular flexibility index (Phi) is 5.37. The van der Waals surface area contributed by atoms with Crippen molar-refractivity contribution in [1.29, 1.82) is 0 Å². The Labute approximate surface area is 91.4 Å². The molecular weight excluding hydrogens is 190 g/mol. The SMILES string of the molecule is NC(=O)C1CCCCCCCCC1C=O. The zero-order chi connectivity index (χ0) is 11.1. The Morgan fingerprint density at radius 1 is 1.00 bits per heavy atom. The van der Waals surface area contributed by atoms with Gasteiger partial charge < -0.3 is 10.5 Å². The number of hydrogen-bond donors (Lipinski definition) is 1. The quantitative estimate of drug-likeness (QED) is 0.710. The maximum atomic E-state index is 11.3. The summed E-state index contributed by atoms with van der Waals surface area (Å²) in [6, 6.07) is 0. The molecule has 2 atom stereocenters. The maximum absolute atomic E-state index is 11.3. The Hall–Kier alpha value is -0.860. The molecule has 1 amide bonds. The van der Waals surface area contributed by atoms with Gasteiger partial charge in [-0.1, -0.05) is 38.5 Å². The van der Waals surface area contributed by atoms with Gasteiger partial charge >= 0.3 is 0 Å². The average Bonchev–Trinajstić information content (AvgIpc) is 2.24. The van der Waals surface area contributed by atoms with Crippen LogP contribution in [0.2, 0.25) is 0 Å². The van der Waals surface area contributed by atoms with E-state index in [0.717, 1.165) is 38.4 Å². The van der Waals surface area contributed by atoms with Gasteiger partial charge in [0.25, 0.3) is 0 Å². The van der Waals surface area contributed by atoms with Crippen LogP contribution in [-0.2, 0) is 9.59 Å². The van der Waals surface area contributed by atoms with Crippen molar-refractivity contribution in [2.75, 3.05) is 0 Å². The van der Waals surface area contributed by atoms with E-state index in [2.05, 4.69) is 0 Å². The first-order valence-electron chi connectivity index (χ1n) is 6.00. The van der Waals surface area contributed by atoms with E-state index in [1.54, 1.807) is 0 Å². The Balaban J connectivity index is 2.58. The van der Waals surface area contributed by atoms with Gasteiger partial charge in [-0.3, -0.25) is 4.79 Å². The molecule has 2 unspecified atom stereocenters. The molecule has 15 heavy (non-hydrogen) atoms. The van der Waals surface area contributed by atoms with Gasteiger partial charge in [-0.15, -0.1) is 0 Å². The van der Waals surface area contributed by atoms with E-state index in [-0.39, 0.29) is 17.7 Å². The first-order chi connectivity index (χ1) is 7.25. The molecule has 0 saturated heterocycles. The van der Waals surface area contributed by atoms with Crippen molar-refractivity contribution in [2.45, 2.75) is 51.4 Å². The molecule has 0 aliphatic heterocycles. The smallest absolute Gasteiger partial charge is 0.221 e. The number of carbonyl (C=O) groups is 2. The van der Waals surface area contributed by atoms with Crippen LogP contribution in [0, 0.1) is 11.8 Å². The van der Waals surface area contributed by atoms with Crippen LogP contribution < -0.4 is 5.73 Å². The molecule has 0 aromatic rings. The Morgan fingerprint density at radius 3 is 2.07 bits per heavy atom. The number of nitrogens with two attached hydrogens (primary N) is 1. The minimum absolute atomic E-state index is 0.138. The van der Waals surface area contributed by atoms with E-state index in [1.165, 1.54) is 19.3 Å². The second-order valence-corrected chi connectivity index (χ2v) is 4.51. The van der Waals surface area contributed by atoms with Gasteiger partial charge in [-0.05, 0) is 12.8 Å². The summed E-state index contributed by atoms with van der Waals surface area (Å²) in [7, 11) is 0. The summed E-state index contributed by atoms with van der Waals surface area (Å²) >= 11 is 0. The third kappa shape index (κ3) is 4.02. The second-order valence-electron chi connectivity index (χ2n) is 4.51. The minimum Gasteiger partial charge on any atom is -0.369 e. The molecule has 1 aliphatic carbocycles. The molecule has 1 aliphatic rings. The number of hydrogen-bond acceptors (Lipinski definition) is 2. The third-order valence-electron chi connectivity index (χ3n) is 3.36. The van der Waals surface area contributed by atoms with Crippen LogP contribution in [0.5, 0.6) is 0 Å². The first-order valence-corrected chi connectivity index (χ1v) is 6.00. The van der Waals surface area contributed by atoms with Gasteiger partial charge in [-0.25, -0.2) is 0 Å². The van der Waals surface area contributed by atoms with Crippen molar-refractivity contribution < 1.29 is 9.59 Å². The van der Waals surface area contributed by atoms with Gasteiger partial charge in [-0.2, -0.15) is 0 Å². The molecule has 1 rings (SSSR count). The van der Waals surface area contributed by atoms with Crippen molar-refractivity contribution in [3.63, 3.8) is 0 Å². The van der Waals surface area contributed by atoms with E-state index in [9.17, 15) is 9.59 Å². The summed E-state index contributed by atoms with van der Waals surface area (Å²) in [6.45, 7) is 0. The summed E-state index contributed by atoms with van der Waals surface area (Å²) < 4.78 is 0. The molecule has 0 heterocycles. The second kappa shape index (κ2) is 6.59. The van der Waals surface area contributed by atoms with Crippen LogP contribution in [-0.4, -0.2) is 12.2 Å². The van der Waals surface area contributed by atoms with Crippen molar-refractivity contribution in [2.24, 2.45) is 17.6 Å². The molecule has 0 aromatic carbocycles. The highest BCUT2D eigenvalue weighted by molar-refractivity contribution is 5.80. The third-order valence-corrected chi connectivity index (χ3v) is 3.36. The average molecular weight is 211 g/mol. The van der Waals surface area contributed by atoms with Crippen LogP contribution in [0.3, 0.4) is 0 Å². The lowest BCUT2D eigenvalue weighted by molar-refractivity contribution is -0.127. The summed E-state index contributed by atoms with van der Waals surface area (Å²) in [5, 5.41) is 0. The fourth-order valence-electron chi connectivity index (χ4n) is 2.38. The first kappa shape index (κ1) is 12.2. The fourth-order valence-corrected chi connectivity index (χ4v) is 2.38. The van der Waals surface area contributed by atoms with Crippen molar-refractivity contribution >= 4 is 12.2 Å². The molecule has 0 spiro atoms. The van der Waals surface area contributed by atoms with E-state index in [4.69, 9.17) is 5.73 Å². The van der Waals surface area contributed by atoms with Crippen molar-refractivity contribution in [3.8, 4) is 0 Å². The number of amides is 1. The largest absolute Gasteiger partial charge is 0.369 e. The standard InChI is InChI=1S/C12H21NO2/c13-12(15)11-8-6-4-2-1-3-5-7-10(11)9-14/h9-11H,1-8H2,(H2,13,15). The molecule has 0 bridgehead atoms. The zero-order valence-corrected chi connectivity index (χ0v) is 9.28. The van der Waals surface area contributed by atoms with Crippen LogP contribution in [0.1, 0.15) is 51.4 Å². The van der Waals surface area contributed by atoms with Gasteiger partial charge in [0.05, 0.1) is 0 Å². The van der Waals surface area contributed by atoms with Crippen molar-refractivity contribution in [1.82, 2.24) is 0 Å². The topological polar surface area (TPSA) is 60.2 Å². The van der Waals surface area contributed by atoms with E-state index in [1.807, 2.05) is 0 Å². The van der Waals surface area contributed by atoms with E-state index in [0.29, 0.717) is 0 Å². The van der Waals surface area contributed by atoms with Crippen LogP contribution in [0.4, 0.5) is 0 Å². The highest BCUT2D eigenvalue weighted by Gasteiger charge is 2.25. The highest BCUT2D eigenvalue weighted by atomic mass is 16.1. The van der Waals surface area contributed by atoms with Gasteiger partial charge in [0, 0.05) is 11.8 Å². The highest BCUT2D eigenvalue weighted by Crippen LogP contribution is 2.25. The van der Waals surface area contributed by atoms with Crippen molar-refractivity contribution in [3.05, 3.63) is 0 Å². The van der Waals surface area contributed by atoms with Gasteiger partial charge in [0.1, 0.15) is 6.29 Å². The lowest BCUT2D eigenvalue weighted by Crippen LogP contribution is -2.31. The van der Waals surface area contributed by atoms with Gasteiger partial charge in [0.15, 0.2) is 0 Å². The number of carbonyl (C=O) groups excluding carboxylic acids is 2. The summed E-state index contributed by atoms with van der Waals surface area (Å²) in [6.07, 6.45) is 9.47. The zero-order valence-electron chi connectivity index (χ0n) is 9.28.